The molecule has 2 saturated carbocycles. The summed E-state index contributed by atoms with van der Waals surface area (Å²) in [4.78, 5) is 92.3. The predicted molar refractivity (Wildman–Crippen MR) is 194 cm³/mol. The van der Waals surface area contributed by atoms with Gasteiger partial charge < -0.3 is 36.8 Å². The maximum atomic E-state index is 14.5. The third-order valence-electron chi connectivity index (χ3n) is 10.2. The average molecular weight is 770 g/mol. The molecule has 3 unspecified atom stereocenters. The summed E-state index contributed by atoms with van der Waals surface area (Å²) in [6.07, 6.45) is 2.53. The largest absolute Gasteiger partial charge is 0.497 e. The third-order valence-corrected chi connectivity index (χ3v) is 10.2. The molecule has 0 heterocycles. The normalized spacial score (nSPS) is 20.0. The van der Waals surface area contributed by atoms with E-state index in [-0.39, 0.29) is 25.2 Å². The summed E-state index contributed by atoms with van der Waals surface area (Å²) in [6.45, 7) is 2.76. The molecule has 2 aliphatic rings. The highest BCUT2D eigenvalue weighted by molar-refractivity contribution is 6.38. The Morgan fingerprint density at radius 3 is 2.20 bits per heavy atom. The summed E-state index contributed by atoms with van der Waals surface area (Å²) in [5.41, 5.74) is 5.75. The van der Waals surface area contributed by atoms with Crippen LogP contribution in [0, 0.1) is 36.3 Å². The van der Waals surface area contributed by atoms with Gasteiger partial charge in [-0.3, -0.25) is 33.6 Å². The van der Waals surface area contributed by atoms with E-state index in [1.807, 2.05) is 0 Å². The SMILES string of the molecule is CCCC(NC(=O)[C@@H]1C[C@@H](O)CC1C(=O)[C@@H](NC(=O)c1c(F)cccc1F)C1CCCCC1)C(=O)C(=O)NCC(=O)NC(C(N)=O)c1cc(C)cc(OC)c1. The molecule has 2 aromatic carbocycles. The van der Waals surface area contributed by atoms with Gasteiger partial charge in [0, 0.05) is 5.92 Å². The first kappa shape index (κ1) is 42.5. The van der Waals surface area contributed by atoms with Gasteiger partial charge in [0.1, 0.15) is 29.0 Å². The van der Waals surface area contributed by atoms with Crippen molar-refractivity contribution in [2.24, 2.45) is 23.5 Å². The van der Waals surface area contributed by atoms with Gasteiger partial charge in [-0.25, -0.2) is 8.78 Å². The maximum absolute atomic E-state index is 14.5. The van der Waals surface area contributed by atoms with Crippen molar-refractivity contribution >= 4 is 41.1 Å². The van der Waals surface area contributed by atoms with Crippen LogP contribution in [-0.2, 0) is 28.8 Å². The van der Waals surface area contributed by atoms with Crippen molar-refractivity contribution in [3.8, 4) is 5.75 Å². The number of hydrogen-bond acceptors (Lipinski definition) is 9. The fourth-order valence-corrected chi connectivity index (χ4v) is 7.50. The zero-order valence-corrected chi connectivity index (χ0v) is 31.1. The van der Waals surface area contributed by atoms with Crippen LogP contribution in [-0.4, -0.2) is 78.1 Å². The first-order valence-corrected chi connectivity index (χ1v) is 18.5. The molecule has 0 aliphatic heterocycles. The van der Waals surface area contributed by atoms with E-state index in [2.05, 4.69) is 21.3 Å². The Balaban J connectivity index is 1.44. The average Bonchev–Trinajstić information content (AvgIpc) is 3.55. The number of nitrogens with one attached hydrogen (secondary N) is 4. The lowest BCUT2D eigenvalue weighted by Crippen LogP contribution is -2.53. The monoisotopic (exact) mass is 769 g/mol. The van der Waals surface area contributed by atoms with E-state index in [0.29, 0.717) is 30.6 Å². The van der Waals surface area contributed by atoms with Crippen molar-refractivity contribution in [2.75, 3.05) is 13.7 Å². The lowest BCUT2D eigenvalue weighted by molar-refractivity contribution is -0.141. The maximum Gasteiger partial charge on any atom is 0.290 e. The van der Waals surface area contributed by atoms with Crippen LogP contribution >= 0.6 is 0 Å². The molecule has 0 saturated heterocycles. The van der Waals surface area contributed by atoms with Crippen LogP contribution in [0.4, 0.5) is 8.78 Å². The van der Waals surface area contributed by atoms with Crippen LogP contribution in [0.15, 0.2) is 36.4 Å². The third kappa shape index (κ3) is 10.9. The lowest BCUT2D eigenvalue weighted by atomic mass is 9.77. The molecule has 2 fully saturated rings. The minimum absolute atomic E-state index is 0.0198. The molecule has 5 amide bonds. The van der Waals surface area contributed by atoms with E-state index >= 15 is 0 Å². The number of primary amides is 1. The predicted octanol–water partition coefficient (Wildman–Crippen LogP) is 2.23. The molecule has 2 aromatic rings. The number of rotatable bonds is 17. The van der Waals surface area contributed by atoms with Gasteiger partial charge in [-0.05, 0) is 80.3 Å². The fraction of sp³-hybridized carbons (Fsp3) is 0.513. The number of aryl methyl sites for hydroxylation is 1. The number of methoxy groups -OCH3 is 1. The summed E-state index contributed by atoms with van der Waals surface area (Å²) < 4.78 is 34.3. The van der Waals surface area contributed by atoms with Gasteiger partial charge in [0.25, 0.3) is 11.8 Å². The van der Waals surface area contributed by atoms with Crippen molar-refractivity contribution in [3.05, 3.63) is 64.7 Å². The van der Waals surface area contributed by atoms with Crippen LogP contribution in [0.5, 0.6) is 5.75 Å². The van der Waals surface area contributed by atoms with E-state index in [0.717, 1.165) is 43.0 Å². The molecule has 16 heteroatoms. The van der Waals surface area contributed by atoms with E-state index in [9.17, 15) is 47.4 Å². The Bertz CT molecular complexity index is 1760. The van der Waals surface area contributed by atoms with Gasteiger partial charge in [0.15, 0.2) is 5.78 Å². The van der Waals surface area contributed by atoms with Gasteiger partial charge in [0.05, 0.1) is 37.8 Å². The first-order valence-electron chi connectivity index (χ1n) is 18.5. The van der Waals surface area contributed by atoms with Gasteiger partial charge in [-0.15, -0.1) is 0 Å². The number of aliphatic hydroxyl groups is 1. The Morgan fingerprint density at radius 2 is 1.58 bits per heavy atom. The summed E-state index contributed by atoms with van der Waals surface area (Å²) in [5, 5.41) is 20.3. The molecular weight excluding hydrogens is 720 g/mol. The Labute approximate surface area is 317 Å². The molecule has 2 aliphatic carbocycles. The van der Waals surface area contributed by atoms with E-state index in [1.54, 1.807) is 26.0 Å². The molecule has 0 radical (unpaired) electrons. The summed E-state index contributed by atoms with van der Waals surface area (Å²) in [7, 11) is 1.43. The highest BCUT2D eigenvalue weighted by atomic mass is 19.1. The molecule has 14 nitrogen and oxygen atoms in total. The smallest absolute Gasteiger partial charge is 0.290 e. The Hall–Kier alpha value is -5.25. The molecule has 7 N–H and O–H groups in total. The van der Waals surface area contributed by atoms with E-state index < -0.39 is 101 Å². The Morgan fingerprint density at radius 1 is 0.927 bits per heavy atom. The number of carbonyl (C=O) groups is 7. The van der Waals surface area contributed by atoms with Crippen LogP contribution in [0.3, 0.4) is 0 Å². The second-order valence-electron chi connectivity index (χ2n) is 14.3. The molecular formula is C39H49F2N5O9. The fourth-order valence-electron chi connectivity index (χ4n) is 7.50. The zero-order valence-electron chi connectivity index (χ0n) is 31.1. The molecule has 55 heavy (non-hydrogen) atoms. The zero-order chi connectivity index (χ0) is 40.4. The van der Waals surface area contributed by atoms with Gasteiger partial charge in [-0.1, -0.05) is 44.7 Å². The highest BCUT2D eigenvalue weighted by Crippen LogP contribution is 2.37. The van der Waals surface area contributed by atoms with Crippen LogP contribution < -0.4 is 31.7 Å². The first-order chi connectivity index (χ1) is 26.1. The number of nitrogens with two attached hydrogens (primary N) is 1. The van der Waals surface area contributed by atoms with E-state index in [4.69, 9.17) is 10.5 Å². The molecule has 6 atom stereocenters. The standard InChI is InChI=1S/C39H49F2N5O9/c1-4-9-29(35(50)39(54)43-19-30(48)45-33(36(42)51)22-14-20(2)15-24(16-22)55-3)44-37(52)26-18-23(47)17-25(26)34(49)32(21-10-6-5-7-11-21)46-38(53)31-27(40)12-8-13-28(31)41/h8,12-16,21,23,25-26,29,32-33,47H,4-7,9-11,17-19H2,1-3H3,(H2,42,51)(H,43,54)(H,44,52)(H,45,48)(H,46,53)/t23-,25?,26+,29?,32-,33?/m0/s1. The van der Waals surface area contributed by atoms with Crippen LogP contribution in [0.1, 0.15) is 92.2 Å². The number of Topliss-reactive ketones (excluding diaryl/α,β-unsaturated/α-hetero) is 2. The summed E-state index contributed by atoms with van der Waals surface area (Å²) in [5.74, 6) is -10.9. The van der Waals surface area contributed by atoms with Gasteiger partial charge in [0.2, 0.25) is 23.5 Å². The number of benzene rings is 2. The number of ether oxygens (including phenoxy) is 1. The van der Waals surface area contributed by atoms with Crippen LogP contribution in [0.2, 0.25) is 0 Å². The molecule has 0 aromatic heterocycles. The molecule has 298 valence electrons. The number of halogens is 2. The minimum Gasteiger partial charge on any atom is -0.497 e. The second kappa shape index (κ2) is 19.4. The van der Waals surface area contributed by atoms with Crippen molar-refractivity contribution in [3.63, 3.8) is 0 Å². The van der Waals surface area contributed by atoms with Gasteiger partial charge in [-0.2, -0.15) is 0 Å². The van der Waals surface area contributed by atoms with Crippen molar-refractivity contribution in [2.45, 2.75) is 95.9 Å². The lowest BCUT2D eigenvalue weighted by Gasteiger charge is -2.33. The number of amides is 5. The molecule has 4 rings (SSSR count). The molecule has 0 bridgehead atoms. The van der Waals surface area contributed by atoms with Crippen LogP contribution in [0.25, 0.3) is 0 Å². The number of carbonyl (C=O) groups excluding carboxylic acids is 7. The minimum atomic E-state index is -1.36. The quantitative estimate of drug-likeness (QED) is 0.130. The van der Waals surface area contributed by atoms with Crippen molar-refractivity contribution in [1.82, 2.24) is 21.3 Å². The van der Waals surface area contributed by atoms with E-state index in [1.165, 1.54) is 13.2 Å². The number of aliphatic hydroxyl groups excluding tert-OH is 1. The number of hydrogen-bond donors (Lipinski definition) is 6. The summed E-state index contributed by atoms with van der Waals surface area (Å²) in [6, 6.07) is 3.98. The van der Waals surface area contributed by atoms with Gasteiger partial charge >= 0.3 is 0 Å². The second-order valence-corrected chi connectivity index (χ2v) is 14.3. The van der Waals surface area contributed by atoms with Crippen molar-refractivity contribution < 1.29 is 52.2 Å². The number of ketones is 2. The molecule has 0 spiro atoms. The summed E-state index contributed by atoms with van der Waals surface area (Å²) >= 11 is 0. The Kier molecular flexibility index (Phi) is 15.0. The highest BCUT2D eigenvalue weighted by Gasteiger charge is 2.47. The van der Waals surface area contributed by atoms with Crippen molar-refractivity contribution in [1.29, 1.82) is 0 Å². The topological polar surface area (TPSA) is 223 Å².